The smallest absolute Gasteiger partial charge is 0.497 e. The summed E-state index contributed by atoms with van der Waals surface area (Å²) in [6.07, 6.45) is 0.899. The number of ether oxygens (including phenoxy) is 3. The molecule has 84 valence electrons. The van der Waals surface area contributed by atoms with Crippen LogP contribution in [0.1, 0.15) is 5.56 Å². The van der Waals surface area contributed by atoms with Gasteiger partial charge in [-0.3, -0.25) is 0 Å². The van der Waals surface area contributed by atoms with E-state index in [0.29, 0.717) is 0 Å². The monoisotopic (exact) mass is 220 g/mol. The quantitative estimate of drug-likeness (QED) is 0.579. The maximum absolute atomic E-state index is 11.0. The van der Waals surface area contributed by atoms with E-state index in [1.54, 1.807) is 25.3 Å². The number of benzene rings is 1. The zero-order chi connectivity index (χ0) is 11.6. The Morgan fingerprint density at radius 1 is 1.44 bits per heavy atom. The summed E-state index contributed by atoms with van der Waals surface area (Å²) in [6.45, 7) is 3.83. The minimum Gasteiger partial charge on any atom is -0.497 e. The van der Waals surface area contributed by atoms with E-state index in [-0.39, 0.29) is 6.61 Å². The van der Waals surface area contributed by atoms with Gasteiger partial charge >= 0.3 is 6.16 Å². The molecule has 2 rings (SSSR count). The summed E-state index contributed by atoms with van der Waals surface area (Å²) in [5.74, 6) is 0.744. The number of methoxy groups -OCH3 is 1. The highest BCUT2D eigenvalue weighted by molar-refractivity contribution is 5.64. The maximum atomic E-state index is 11.0. The van der Waals surface area contributed by atoms with Gasteiger partial charge in [-0.2, -0.15) is 0 Å². The summed E-state index contributed by atoms with van der Waals surface area (Å²) < 4.78 is 15.0. The minimum atomic E-state index is -0.872. The molecule has 4 heteroatoms. The first-order valence-electron chi connectivity index (χ1n) is 4.84. The van der Waals surface area contributed by atoms with Gasteiger partial charge in [-0.05, 0) is 18.2 Å². The summed E-state index contributed by atoms with van der Waals surface area (Å²) in [6, 6.07) is 7.24. The second-order valence-electron chi connectivity index (χ2n) is 3.46. The molecule has 1 heterocycles. The van der Waals surface area contributed by atoms with E-state index in [1.165, 1.54) is 0 Å². The highest BCUT2D eigenvalue weighted by atomic mass is 16.8. The van der Waals surface area contributed by atoms with Crippen molar-refractivity contribution in [1.82, 2.24) is 0 Å². The van der Waals surface area contributed by atoms with Gasteiger partial charge in [0.15, 0.2) is 5.60 Å². The molecule has 1 saturated heterocycles. The number of rotatable bonds is 3. The number of hydrogen-bond acceptors (Lipinski definition) is 4. The molecular weight excluding hydrogens is 208 g/mol. The maximum Gasteiger partial charge on any atom is 0.509 e. The van der Waals surface area contributed by atoms with Crippen LogP contribution in [0.5, 0.6) is 5.75 Å². The Balaban J connectivity index is 2.33. The summed E-state index contributed by atoms with van der Waals surface area (Å²) >= 11 is 0. The lowest BCUT2D eigenvalue weighted by Gasteiger charge is -2.21. The number of hydrogen-bond donors (Lipinski definition) is 0. The molecule has 0 amide bonds. The van der Waals surface area contributed by atoms with Crippen molar-refractivity contribution in [2.45, 2.75) is 5.60 Å². The van der Waals surface area contributed by atoms with Crippen LogP contribution < -0.4 is 4.74 Å². The van der Waals surface area contributed by atoms with Gasteiger partial charge in [0.2, 0.25) is 0 Å². The zero-order valence-corrected chi connectivity index (χ0v) is 8.93. The molecule has 0 radical (unpaired) electrons. The second-order valence-corrected chi connectivity index (χ2v) is 3.46. The predicted octanol–water partition coefficient (Wildman–Crippen LogP) is 2.24. The zero-order valence-electron chi connectivity index (χ0n) is 8.93. The number of carbonyl (C=O) groups excluding carboxylic acids is 1. The lowest BCUT2D eigenvalue weighted by Crippen LogP contribution is -2.25. The number of cyclic esters (lactones) is 2. The van der Waals surface area contributed by atoms with E-state index in [1.807, 2.05) is 12.1 Å². The van der Waals surface area contributed by atoms with Gasteiger partial charge in [0.1, 0.15) is 12.4 Å². The topological polar surface area (TPSA) is 44.8 Å². The van der Waals surface area contributed by atoms with E-state index < -0.39 is 11.8 Å². The van der Waals surface area contributed by atoms with E-state index in [2.05, 4.69) is 6.58 Å². The molecule has 1 aliphatic heterocycles. The lowest BCUT2D eigenvalue weighted by atomic mass is 9.95. The van der Waals surface area contributed by atoms with Gasteiger partial charge in [0.25, 0.3) is 0 Å². The van der Waals surface area contributed by atoms with Crippen molar-refractivity contribution < 1.29 is 19.0 Å². The SMILES string of the molecule is C=C[C@@]1(c2ccc(OC)cc2)COC(=O)O1. The summed E-state index contributed by atoms with van der Waals surface area (Å²) in [5, 5.41) is 0. The summed E-state index contributed by atoms with van der Waals surface area (Å²) in [5.41, 5.74) is -0.0576. The van der Waals surface area contributed by atoms with Crippen LogP contribution in [-0.2, 0) is 15.1 Å². The van der Waals surface area contributed by atoms with Crippen LogP contribution in [0.2, 0.25) is 0 Å². The van der Waals surface area contributed by atoms with Crippen LogP contribution in [-0.4, -0.2) is 19.9 Å². The molecule has 4 nitrogen and oxygen atoms in total. The molecule has 16 heavy (non-hydrogen) atoms. The molecule has 1 atom stereocenters. The molecule has 0 bridgehead atoms. The molecule has 0 saturated carbocycles. The molecule has 0 N–H and O–H groups in total. The average molecular weight is 220 g/mol. The van der Waals surface area contributed by atoms with E-state index in [4.69, 9.17) is 14.2 Å². The third kappa shape index (κ3) is 1.62. The lowest BCUT2D eigenvalue weighted by molar-refractivity contribution is 0.0887. The Kier molecular flexibility index (Phi) is 2.56. The van der Waals surface area contributed by atoms with Gasteiger partial charge in [0, 0.05) is 5.56 Å². The third-order valence-corrected chi connectivity index (χ3v) is 2.58. The molecule has 0 aliphatic carbocycles. The normalized spacial score (nSPS) is 23.4. The van der Waals surface area contributed by atoms with Gasteiger partial charge in [0.05, 0.1) is 7.11 Å². The second kappa shape index (κ2) is 3.89. The first-order valence-corrected chi connectivity index (χ1v) is 4.84. The van der Waals surface area contributed by atoms with Crippen LogP contribution in [0.15, 0.2) is 36.9 Å². The van der Waals surface area contributed by atoms with Crippen LogP contribution in [0.4, 0.5) is 4.79 Å². The predicted molar refractivity (Wildman–Crippen MR) is 57.3 cm³/mol. The van der Waals surface area contributed by atoms with Crippen LogP contribution >= 0.6 is 0 Å². The molecule has 0 unspecified atom stereocenters. The molecule has 0 spiro atoms. The van der Waals surface area contributed by atoms with Crippen molar-refractivity contribution in [3.05, 3.63) is 42.5 Å². The van der Waals surface area contributed by atoms with Gasteiger partial charge in [-0.15, -0.1) is 0 Å². The van der Waals surface area contributed by atoms with Crippen molar-refractivity contribution in [3.8, 4) is 5.75 Å². The molecule has 1 aromatic rings. The molecule has 1 aliphatic rings. The fourth-order valence-electron chi connectivity index (χ4n) is 1.61. The highest BCUT2D eigenvalue weighted by Crippen LogP contribution is 2.33. The van der Waals surface area contributed by atoms with Crippen molar-refractivity contribution >= 4 is 6.16 Å². The summed E-state index contributed by atoms with van der Waals surface area (Å²) in [7, 11) is 1.59. The van der Waals surface area contributed by atoms with Crippen LogP contribution in [0, 0.1) is 0 Å². The molecule has 0 aromatic heterocycles. The minimum absolute atomic E-state index is 0.154. The molecule has 1 fully saturated rings. The third-order valence-electron chi connectivity index (χ3n) is 2.58. The molecular formula is C12H12O4. The fraction of sp³-hybridized carbons (Fsp3) is 0.250. The Morgan fingerprint density at radius 2 is 2.12 bits per heavy atom. The van der Waals surface area contributed by atoms with Crippen molar-refractivity contribution in [1.29, 1.82) is 0 Å². The van der Waals surface area contributed by atoms with E-state index >= 15 is 0 Å². The first-order chi connectivity index (χ1) is 7.70. The van der Waals surface area contributed by atoms with Gasteiger partial charge < -0.3 is 14.2 Å². The average Bonchev–Trinajstić information content (AvgIpc) is 2.72. The van der Waals surface area contributed by atoms with Crippen LogP contribution in [0.25, 0.3) is 0 Å². The Labute approximate surface area is 93.4 Å². The Morgan fingerprint density at radius 3 is 2.56 bits per heavy atom. The highest BCUT2D eigenvalue weighted by Gasteiger charge is 2.41. The first kappa shape index (κ1) is 10.5. The fourth-order valence-corrected chi connectivity index (χ4v) is 1.61. The van der Waals surface area contributed by atoms with E-state index in [0.717, 1.165) is 11.3 Å². The van der Waals surface area contributed by atoms with E-state index in [9.17, 15) is 4.79 Å². The largest absolute Gasteiger partial charge is 0.509 e. The Hall–Kier alpha value is -1.97. The number of carbonyl (C=O) groups is 1. The summed E-state index contributed by atoms with van der Waals surface area (Å²) in [4.78, 5) is 11.0. The van der Waals surface area contributed by atoms with Gasteiger partial charge in [-0.1, -0.05) is 18.7 Å². The van der Waals surface area contributed by atoms with Gasteiger partial charge in [-0.25, -0.2) is 4.79 Å². The van der Waals surface area contributed by atoms with Crippen molar-refractivity contribution in [3.63, 3.8) is 0 Å². The van der Waals surface area contributed by atoms with Crippen molar-refractivity contribution in [2.24, 2.45) is 0 Å². The van der Waals surface area contributed by atoms with Crippen molar-refractivity contribution in [2.75, 3.05) is 13.7 Å². The molecule has 1 aromatic carbocycles. The standard InChI is InChI=1S/C12H12O4/c1-3-12(8-15-11(13)16-12)9-4-6-10(14-2)7-5-9/h3-7H,1,8H2,2H3/t12-/m0/s1. The van der Waals surface area contributed by atoms with Crippen LogP contribution in [0.3, 0.4) is 0 Å². The Bertz CT molecular complexity index is 410.